The molecular weight excluding hydrogens is 448 g/mol. The Kier molecular flexibility index (Phi) is 8.62. The van der Waals surface area contributed by atoms with E-state index in [-0.39, 0.29) is 4.90 Å². The molecule has 0 radical (unpaired) electrons. The summed E-state index contributed by atoms with van der Waals surface area (Å²) < 4.78 is 27.3. The number of nitriles is 1. The molecule has 0 fully saturated rings. The van der Waals surface area contributed by atoms with E-state index in [1.807, 2.05) is 0 Å². The van der Waals surface area contributed by atoms with E-state index in [2.05, 4.69) is 16.4 Å². The van der Waals surface area contributed by atoms with E-state index < -0.39 is 22.0 Å². The molecule has 3 rings (SSSR count). The van der Waals surface area contributed by atoms with Crippen LogP contribution in [0.25, 0.3) is 11.3 Å². The van der Waals surface area contributed by atoms with Crippen LogP contribution in [-0.2, 0) is 26.2 Å². The summed E-state index contributed by atoms with van der Waals surface area (Å²) in [5.41, 5.74) is 2.24. The van der Waals surface area contributed by atoms with Gasteiger partial charge in [-0.05, 0) is 36.9 Å². The Balaban J connectivity index is 0.000000414. The van der Waals surface area contributed by atoms with Crippen LogP contribution in [0.4, 0.5) is 0 Å². The van der Waals surface area contributed by atoms with Gasteiger partial charge in [-0.15, -0.1) is 0 Å². The first-order chi connectivity index (χ1) is 15.7. The second kappa shape index (κ2) is 11.4. The molecule has 3 N–H and O–H groups in total. The molecule has 0 aliphatic heterocycles. The van der Waals surface area contributed by atoms with Crippen LogP contribution in [0.15, 0.2) is 78.1 Å². The van der Waals surface area contributed by atoms with E-state index in [1.54, 1.807) is 49.6 Å². The molecule has 10 nitrogen and oxygen atoms in total. The van der Waals surface area contributed by atoms with Crippen molar-refractivity contribution in [3.05, 3.63) is 84.3 Å². The standard InChI is InChI=1S/C18H16N4O2S.C4H4O4/c1-20-11-14-9-18(17-7-3-2-5-15(17)10-19)22(13-14)25(23,24)16-6-4-8-21-12-16;5-3(6)1-2-4(7)8/h2-9,12-13,20H,11H2,1H3;1-2H,(H,5,6)(H,7,8)/b;2-1+. The van der Waals surface area contributed by atoms with Crippen molar-refractivity contribution in [2.45, 2.75) is 11.4 Å². The van der Waals surface area contributed by atoms with Gasteiger partial charge < -0.3 is 15.5 Å². The summed E-state index contributed by atoms with van der Waals surface area (Å²) in [4.78, 5) is 23.1. The van der Waals surface area contributed by atoms with Gasteiger partial charge in [0.2, 0.25) is 0 Å². The lowest BCUT2D eigenvalue weighted by Crippen LogP contribution is -2.14. The van der Waals surface area contributed by atoms with Crippen molar-refractivity contribution in [1.82, 2.24) is 14.3 Å². The fraction of sp³-hybridized carbons (Fsp3) is 0.0909. The number of carboxylic acids is 2. The van der Waals surface area contributed by atoms with Gasteiger partial charge in [-0.25, -0.2) is 22.0 Å². The first kappa shape index (κ1) is 25.0. The predicted octanol–water partition coefficient (Wildman–Crippen LogP) is 2.09. The smallest absolute Gasteiger partial charge is 0.328 e. The van der Waals surface area contributed by atoms with Crippen molar-refractivity contribution in [3.63, 3.8) is 0 Å². The Labute approximate surface area is 190 Å². The van der Waals surface area contributed by atoms with Crippen LogP contribution in [0, 0.1) is 11.3 Å². The van der Waals surface area contributed by atoms with E-state index in [4.69, 9.17) is 10.2 Å². The highest BCUT2D eigenvalue weighted by Crippen LogP contribution is 2.29. The average Bonchev–Trinajstić information content (AvgIpc) is 3.23. The minimum Gasteiger partial charge on any atom is -0.478 e. The number of aromatic nitrogens is 2. The molecule has 0 bridgehead atoms. The van der Waals surface area contributed by atoms with Crippen LogP contribution >= 0.6 is 0 Å². The Hall–Kier alpha value is -4.27. The van der Waals surface area contributed by atoms with Crippen LogP contribution in [0.1, 0.15) is 11.1 Å². The zero-order valence-electron chi connectivity index (χ0n) is 17.4. The maximum Gasteiger partial charge on any atom is 0.328 e. The van der Waals surface area contributed by atoms with Gasteiger partial charge in [-0.2, -0.15) is 5.26 Å². The third-order valence-corrected chi connectivity index (χ3v) is 5.76. The number of aliphatic carboxylic acids is 2. The number of nitrogens with zero attached hydrogens (tertiary/aromatic N) is 3. The molecule has 0 saturated carbocycles. The third-order valence-electron chi connectivity index (χ3n) is 4.11. The van der Waals surface area contributed by atoms with Gasteiger partial charge in [0.15, 0.2) is 0 Å². The molecule has 170 valence electrons. The summed E-state index contributed by atoms with van der Waals surface area (Å²) in [5.74, 6) is -2.51. The van der Waals surface area contributed by atoms with Gasteiger partial charge in [0.1, 0.15) is 4.90 Å². The van der Waals surface area contributed by atoms with Crippen molar-refractivity contribution in [2.75, 3.05) is 7.05 Å². The number of nitrogens with one attached hydrogen (secondary N) is 1. The third kappa shape index (κ3) is 6.60. The van der Waals surface area contributed by atoms with Crippen molar-refractivity contribution < 1.29 is 28.2 Å². The van der Waals surface area contributed by atoms with Gasteiger partial charge in [-0.3, -0.25) is 4.98 Å². The monoisotopic (exact) mass is 468 g/mol. The lowest BCUT2D eigenvalue weighted by molar-refractivity contribution is -0.134. The summed E-state index contributed by atoms with van der Waals surface area (Å²) >= 11 is 0. The maximum absolute atomic E-state index is 13.1. The average molecular weight is 468 g/mol. The molecule has 0 spiro atoms. The number of pyridine rings is 1. The van der Waals surface area contributed by atoms with Crippen LogP contribution < -0.4 is 5.32 Å². The Morgan fingerprint density at radius 1 is 1.15 bits per heavy atom. The molecule has 2 heterocycles. The van der Waals surface area contributed by atoms with Crippen LogP contribution in [0.5, 0.6) is 0 Å². The first-order valence-electron chi connectivity index (χ1n) is 9.35. The molecule has 0 unspecified atom stereocenters. The Morgan fingerprint density at radius 3 is 2.36 bits per heavy atom. The number of hydrogen-bond acceptors (Lipinski definition) is 7. The van der Waals surface area contributed by atoms with E-state index in [0.717, 1.165) is 5.56 Å². The van der Waals surface area contributed by atoms with Gasteiger partial charge in [-0.1, -0.05) is 18.2 Å². The first-order valence-corrected chi connectivity index (χ1v) is 10.8. The minimum atomic E-state index is -3.82. The highest BCUT2D eigenvalue weighted by Gasteiger charge is 2.23. The number of hydrogen-bond donors (Lipinski definition) is 3. The number of rotatable bonds is 7. The summed E-state index contributed by atoms with van der Waals surface area (Å²) in [6.45, 7) is 0.511. The van der Waals surface area contributed by atoms with Crippen molar-refractivity contribution in [1.29, 1.82) is 5.26 Å². The van der Waals surface area contributed by atoms with Crippen molar-refractivity contribution >= 4 is 22.0 Å². The maximum atomic E-state index is 13.1. The number of benzene rings is 1. The van der Waals surface area contributed by atoms with E-state index in [9.17, 15) is 23.3 Å². The molecule has 1 aromatic carbocycles. The molecule has 0 aliphatic carbocycles. The highest BCUT2D eigenvalue weighted by atomic mass is 32.2. The Bertz CT molecular complexity index is 1290. The molecular formula is C22H20N4O6S. The summed E-state index contributed by atoms with van der Waals surface area (Å²) in [6.07, 6.45) is 5.52. The topological polar surface area (TPSA) is 162 Å². The number of carbonyl (C=O) groups is 2. The Morgan fingerprint density at radius 2 is 1.82 bits per heavy atom. The summed E-state index contributed by atoms with van der Waals surface area (Å²) in [5, 5.41) is 28.0. The van der Waals surface area contributed by atoms with Gasteiger partial charge in [0.25, 0.3) is 10.0 Å². The van der Waals surface area contributed by atoms with Gasteiger partial charge in [0, 0.05) is 42.9 Å². The van der Waals surface area contributed by atoms with E-state index in [0.29, 0.717) is 35.5 Å². The molecule has 0 saturated heterocycles. The lowest BCUT2D eigenvalue weighted by Gasteiger charge is -2.11. The molecule has 3 aromatic rings. The predicted molar refractivity (Wildman–Crippen MR) is 119 cm³/mol. The van der Waals surface area contributed by atoms with E-state index in [1.165, 1.54) is 22.4 Å². The quantitative estimate of drug-likeness (QED) is 0.441. The minimum absolute atomic E-state index is 0.0947. The zero-order chi connectivity index (χ0) is 24.4. The number of carboxylic acid groups (broad SMARTS) is 2. The fourth-order valence-electron chi connectivity index (χ4n) is 2.75. The van der Waals surface area contributed by atoms with Crippen LogP contribution in [0.3, 0.4) is 0 Å². The molecule has 0 atom stereocenters. The lowest BCUT2D eigenvalue weighted by atomic mass is 10.1. The van der Waals surface area contributed by atoms with Crippen molar-refractivity contribution in [2.24, 2.45) is 0 Å². The zero-order valence-corrected chi connectivity index (χ0v) is 18.2. The highest BCUT2D eigenvalue weighted by molar-refractivity contribution is 7.90. The van der Waals surface area contributed by atoms with Crippen LogP contribution in [-0.4, -0.2) is 46.6 Å². The largest absolute Gasteiger partial charge is 0.478 e. The molecule has 0 amide bonds. The molecule has 33 heavy (non-hydrogen) atoms. The van der Waals surface area contributed by atoms with Crippen LogP contribution in [0.2, 0.25) is 0 Å². The molecule has 2 aromatic heterocycles. The van der Waals surface area contributed by atoms with Gasteiger partial charge in [0.05, 0.1) is 17.3 Å². The summed E-state index contributed by atoms with van der Waals surface area (Å²) in [7, 11) is -2.04. The normalized spacial score (nSPS) is 10.8. The van der Waals surface area contributed by atoms with E-state index >= 15 is 0 Å². The molecule has 0 aliphatic rings. The summed E-state index contributed by atoms with van der Waals surface area (Å²) in [6, 6.07) is 13.9. The van der Waals surface area contributed by atoms with Crippen molar-refractivity contribution in [3.8, 4) is 17.3 Å². The fourth-order valence-corrected chi connectivity index (χ4v) is 4.11. The SMILES string of the molecule is CNCc1cc(-c2ccccc2C#N)n(S(=O)(=O)c2cccnc2)c1.O=C(O)/C=C/C(=O)O. The second-order valence-corrected chi connectivity index (χ2v) is 8.24. The molecule has 11 heteroatoms. The van der Waals surface area contributed by atoms with Gasteiger partial charge >= 0.3 is 11.9 Å². The second-order valence-electron chi connectivity index (χ2n) is 6.42.